The Morgan fingerprint density at radius 3 is 2.60 bits per heavy atom. The average molecular weight is 409 g/mol. The second-order valence-corrected chi connectivity index (χ2v) is 7.61. The van der Waals surface area contributed by atoms with E-state index in [2.05, 4.69) is 10.4 Å². The summed E-state index contributed by atoms with van der Waals surface area (Å²) in [6.07, 6.45) is 0.588. The molecule has 2 aromatic carbocycles. The van der Waals surface area contributed by atoms with Gasteiger partial charge in [0, 0.05) is 25.1 Å². The number of carbonyl (C=O) groups excluding carboxylic acids is 2. The first-order valence-corrected chi connectivity index (χ1v) is 9.99. The van der Waals surface area contributed by atoms with Crippen LogP contribution in [0.3, 0.4) is 0 Å². The summed E-state index contributed by atoms with van der Waals surface area (Å²) in [6, 6.07) is 17.0. The molecule has 1 aliphatic rings. The molecule has 3 rings (SSSR count). The summed E-state index contributed by atoms with van der Waals surface area (Å²) in [6.45, 7) is 3.70. The fourth-order valence-electron chi connectivity index (χ4n) is 3.36. The lowest BCUT2D eigenvalue weighted by atomic mass is 9.98. The zero-order valence-electron chi connectivity index (χ0n) is 17.8. The van der Waals surface area contributed by atoms with Gasteiger partial charge in [0.2, 0.25) is 0 Å². The van der Waals surface area contributed by atoms with Gasteiger partial charge in [0.15, 0.2) is 0 Å². The Kier molecular flexibility index (Phi) is 6.72. The molecule has 0 saturated carbocycles. The van der Waals surface area contributed by atoms with Crippen LogP contribution in [0.25, 0.3) is 0 Å². The molecule has 3 amide bonds. The Balaban J connectivity index is 1.85. The molecule has 1 N–H and O–H groups in total. The van der Waals surface area contributed by atoms with Crippen molar-refractivity contribution >= 4 is 17.6 Å². The highest BCUT2D eigenvalue weighted by Gasteiger charge is 2.34. The summed E-state index contributed by atoms with van der Waals surface area (Å²) in [5.74, 6) is 0.504. The van der Waals surface area contributed by atoms with Crippen LogP contribution in [-0.2, 0) is 4.79 Å². The van der Waals surface area contributed by atoms with E-state index in [1.807, 2.05) is 68.4 Å². The molecule has 7 nitrogen and oxygen atoms in total. The van der Waals surface area contributed by atoms with Crippen molar-refractivity contribution < 1.29 is 14.3 Å². The molecule has 0 fully saturated rings. The van der Waals surface area contributed by atoms with E-state index in [0.717, 1.165) is 22.6 Å². The Bertz CT molecular complexity index is 927. The van der Waals surface area contributed by atoms with Crippen LogP contribution in [0.4, 0.5) is 4.79 Å². The normalized spacial score (nSPS) is 15.7. The SMILES string of the molecule is COc1cccc(C2=NN(C(=O)CN(C)C(=O)NC(C)C)C(c3ccccc3)C2)c1. The fourth-order valence-corrected chi connectivity index (χ4v) is 3.36. The van der Waals surface area contributed by atoms with Gasteiger partial charge in [-0.2, -0.15) is 5.10 Å². The number of hydrogen-bond donors (Lipinski definition) is 1. The van der Waals surface area contributed by atoms with Crippen molar-refractivity contribution in [1.82, 2.24) is 15.2 Å². The predicted octanol–water partition coefficient (Wildman–Crippen LogP) is 3.42. The summed E-state index contributed by atoms with van der Waals surface area (Å²) in [5, 5.41) is 8.95. The van der Waals surface area contributed by atoms with Gasteiger partial charge in [-0.05, 0) is 31.5 Å². The number of amides is 3. The lowest BCUT2D eigenvalue weighted by Gasteiger charge is -2.25. The number of hydrazone groups is 1. The number of methoxy groups -OCH3 is 1. The third kappa shape index (κ3) is 4.97. The molecule has 1 unspecified atom stereocenters. The lowest BCUT2D eigenvalue weighted by Crippen LogP contribution is -2.45. The molecular weight excluding hydrogens is 380 g/mol. The van der Waals surface area contributed by atoms with Crippen LogP contribution < -0.4 is 10.1 Å². The van der Waals surface area contributed by atoms with Gasteiger partial charge in [0.1, 0.15) is 12.3 Å². The highest BCUT2D eigenvalue weighted by Crippen LogP contribution is 2.33. The molecule has 0 aromatic heterocycles. The Morgan fingerprint density at radius 1 is 1.20 bits per heavy atom. The minimum atomic E-state index is -0.286. The van der Waals surface area contributed by atoms with Crippen LogP contribution in [0.1, 0.15) is 37.4 Å². The molecule has 1 aliphatic heterocycles. The van der Waals surface area contributed by atoms with E-state index in [4.69, 9.17) is 4.74 Å². The second-order valence-electron chi connectivity index (χ2n) is 7.61. The van der Waals surface area contributed by atoms with Crippen LogP contribution in [0, 0.1) is 0 Å². The zero-order chi connectivity index (χ0) is 21.7. The molecule has 0 spiro atoms. The van der Waals surface area contributed by atoms with E-state index in [9.17, 15) is 9.59 Å². The maximum absolute atomic E-state index is 13.1. The largest absolute Gasteiger partial charge is 0.497 e. The maximum Gasteiger partial charge on any atom is 0.317 e. The van der Waals surface area contributed by atoms with Crippen LogP contribution in [0.15, 0.2) is 59.7 Å². The number of nitrogens with one attached hydrogen (secondary N) is 1. The molecule has 0 bridgehead atoms. The molecule has 7 heteroatoms. The van der Waals surface area contributed by atoms with Crippen molar-refractivity contribution in [3.05, 3.63) is 65.7 Å². The van der Waals surface area contributed by atoms with E-state index in [1.165, 1.54) is 9.91 Å². The van der Waals surface area contributed by atoms with Gasteiger partial charge in [0.25, 0.3) is 5.91 Å². The number of benzene rings is 2. The monoisotopic (exact) mass is 408 g/mol. The lowest BCUT2D eigenvalue weighted by molar-refractivity contribution is -0.133. The van der Waals surface area contributed by atoms with Crippen LogP contribution >= 0.6 is 0 Å². The summed E-state index contributed by atoms with van der Waals surface area (Å²) >= 11 is 0. The van der Waals surface area contributed by atoms with Gasteiger partial charge in [-0.3, -0.25) is 4.79 Å². The van der Waals surface area contributed by atoms with E-state index in [0.29, 0.717) is 6.42 Å². The maximum atomic E-state index is 13.1. The highest BCUT2D eigenvalue weighted by atomic mass is 16.5. The van der Waals surface area contributed by atoms with Gasteiger partial charge in [-0.1, -0.05) is 42.5 Å². The topological polar surface area (TPSA) is 74.2 Å². The quantitative estimate of drug-likeness (QED) is 0.796. The zero-order valence-corrected chi connectivity index (χ0v) is 17.8. The molecular formula is C23H28N4O3. The Labute approximate surface area is 177 Å². The van der Waals surface area contributed by atoms with Gasteiger partial charge >= 0.3 is 6.03 Å². The Morgan fingerprint density at radius 2 is 1.93 bits per heavy atom. The first-order valence-electron chi connectivity index (χ1n) is 9.99. The highest BCUT2D eigenvalue weighted by molar-refractivity contribution is 6.03. The smallest absolute Gasteiger partial charge is 0.317 e. The van der Waals surface area contributed by atoms with Crippen molar-refractivity contribution in [3.63, 3.8) is 0 Å². The molecule has 1 atom stereocenters. The van der Waals surface area contributed by atoms with Crippen LogP contribution in [-0.4, -0.2) is 54.3 Å². The van der Waals surface area contributed by atoms with Crippen LogP contribution in [0.5, 0.6) is 5.75 Å². The standard InChI is InChI=1S/C23H28N4O3/c1-16(2)24-23(29)26(3)15-22(28)27-21(17-9-6-5-7-10-17)14-20(25-27)18-11-8-12-19(13-18)30-4/h5-13,16,21H,14-15H2,1-4H3,(H,24,29). The van der Waals surface area contributed by atoms with Gasteiger partial charge in [0.05, 0.1) is 18.9 Å². The second kappa shape index (κ2) is 9.43. The molecule has 30 heavy (non-hydrogen) atoms. The number of ether oxygens (including phenoxy) is 1. The van der Waals surface area contributed by atoms with E-state index < -0.39 is 0 Å². The third-order valence-electron chi connectivity index (χ3n) is 4.88. The number of urea groups is 1. The van der Waals surface area contributed by atoms with Gasteiger partial charge in [-0.25, -0.2) is 9.80 Å². The van der Waals surface area contributed by atoms with Crippen molar-refractivity contribution in [2.75, 3.05) is 20.7 Å². The summed E-state index contributed by atoms with van der Waals surface area (Å²) in [4.78, 5) is 26.7. The Hall–Kier alpha value is -3.35. The molecule has 0 saturated heterocycles. The molecule has 0 radical (unpaired) electrons. The van der Waals surface area contributed by atoms with E-state index in [-0.39, 0.29) is 30.6 Å². The predicted molar refractivity (Wildman–Crippen MR) is 116 cm³/mol. The summed E-state index contributed by atoms with van der Waals surface area (Å²) in [5.41, 5.74) is 2.73. The van der Waals surface area contributed by atoms with Crippen molar-refractivity contribution in [2.24, 2.45) is 5.10 Å². The van der Waals surface area contributed by atoms with Crippen molar-refractivity contribution in [3.8, 4) is 5.75 Å². The number of nitrogens with zero attached hydrogens (tertiary/aromatic N) is 3. The van der Waals surface area contributed by atoms with Crippen molar-refractivity contribution in [1.29, 1.82) is 0 Å². The molecule has 0 aliphatic carbocycles. The number of rotatable bonds is 6. The average Bonchev–Trinajstić information content (AvgIpc) is 3.19. The van der Waals surface area contributed by atoms with Gasteiger partial charge in [-0.15, -0.1) is 0 Å². The molecule has 1 heterocycles. The number of likely N-dealkylation sites (N-methyl/N-ethyl adjacent to an activating group) is 1. The minimum Gasteiger partial charge on any atom is -0.497 e. The third-order valence-corrected chi connectivity index (χ3v) is 4.88. The molecule has 158 valence electrons. The summed E-state index contributed by atoms with van der Waals surface area (Å²) < 4.78 is 5.32. The minimum absolute atomic E-state index is 0.00316. The number of carbonyl (C=O) groups is 2. The summed E-state index contributed by atoms with van der Waals surface area (Å²) in [7, 11) is 3.23. The van der Waals surface area contributed by atoms with Gasteiger partial charge < -0.3 is 15.0 Å². The first-order chi connectivity index (χ1) is 14.4. The van der Waals surface area contributed by atoms with Crippen molar-refractivity contribution in [2.45, 2.75) is 32.4 Å². The van der Waals surface area contributed by atoms with E-state index in [1.54, 1.807) is 14.2 Å². The fraction of sp³-hybridized carbons (Fsp3) is 0.348. The van der Waals surface area contributed by atoms with Crippen LogP contribution in [0.2, 0.25) is 0 Å². The number of hydrogen-bond acceptors (Lipinski definition) is 4. The first kappa shape index (κ1) is 21.4. The molecule has 2 aromatic rings. The van der Waals surface area contributed by atoms with E-state index >= 15 is 0 Å².